The summed E-state index contributed by atoms with van der Waals surface area (Å²) in [7, 11) is 1.65. The van der Waals surface area contributed by atoms with Crippen LogP contribution in [0, 0.1) is 0 Å². The fourth-order valence-corrected chi connectivity index (χ4v) is 1.37. The van der Waals surface area contributed by atoms with E-state index in [4.69, 9.17) is 11.6 Å². The third-order valence-corrected chi connectivity index (χ3v) is 2.42. The number of alkyl halides is 1. The average Bonchev–Trinajstić information content (AvgIpc) is 2.26. The lowest BCUT2D eigenvalue weighted by Crippen LogP contribution is -2.38. The molecule has 0 heterocycles. The number of hydrogen-bond donors (Lipinski definition) is 1. The number of nitrogens with one attached hydrogen (secondary N) is 1. The summed E-state index contributed by atoms with van der Waals surface area (Å²) in [6.45, 7) is 2.79. The van der Waals surface area contributed by atoms with Crippen molar-refractivity contribution < 1.29 is 9.59 Å². The number of nitrogens with zero attached hydrogens (tertiary/aromatic N) is 1. The Morgan fingerprint density at radius 3 is 2.56 bits per heavy atom. The van der Waals surface area contributed by atoms with Crippen molar-refractivity contribution in [3.05, 3.63) is 0 Å². The first-order valence-corrected chi connectivity index (χ1v) is 6.21. The van der Waals surface area contributed by atoms with Crippen molar-refractivity contribution in [1.29, 1.82) is 0 Å². The lowest BCUT2D eigenvalue weighted by molar-refractivity contribution is -0.134. The molecule has 0 radical (unpaired) electrons. The van der Waals surface area contributed by atoms with Gasteiger partial charge >= 0.3 is 0 Å². The molecule has 0 aromatic carbocycles. The molecular weight excluding hydrogens is 228 g/mol. The molecule has 0 aliphatic rings. The standard InChI is InChI=1S/C11H21ClN2O2/c1-3-8-13-10(15)9-14(2)11(16)6-4-5-7-12/h3-9H2,1-2H3,(H,13,15). The topological polar surface area (TPSA) is 49.4 Å². The molecule has 94 valence electrons. The van der Waals surface area contributed by atoms with Gasteiger partial charge in [-0.15, -0.1) is 11.6 Å². The highest BCUT2D eigenvalue weighted by molar-refractivity contribution is 6.17. The SMILES string of the molecule is CCCNC(=O)CN(C)C(=O)CCCCCl. The van der Waals surface area contributed by atoms with E-state index in [0.717, 1.165) is 19.3 Å². The van der Waals surface area contributed by atoms with E-state index in [1.807, 2.05) is 6.92 Å². The van der Waals surface area contributed by atoms with E-state index >= 15 is 0 Å². The van der Waals surface area contributed by atoms with Crippen LogP contribution >= 0.6 is 11.6 Å². The molecule has 0 saturated heterocycles. The quantitative estimate of drug-likeness (QED) is 0.521. The van der Waals surface area contributed by atoms with Crippen LogP contribution in [0.2, 0.25) is 0 Å². The van der Waals surface area contributed by atoms with Crippen LogP contribution in [-0.4, -0.2) is 42.7 Å². The van der Waals surface area contributed by atoms with E-state index in [1.165, 1.54) is 4.90 Å². The van der Waals surface area contributed by atoms with E-state index in [2.05, 4.69) is 5.32 Å². The molecule has 4 nitrogen and oxygen atoms in total. The zero-order chi connectivity index (χ0) is 12.4. The largest absolute Gasteiger partial charge is 0.355 e. The van der Waals surface area contributed by atoms with Crippen LogP contribution in [0.15, 0.2) is 0 Å². The maximum atomic E-state index is 11.5. The number of halogens is 1. The summed E-state index contributed by atoms with van der Waals surface area (Å²) < 4.78 is 0. The lowest BCUT2D eigenvalue weighted by Gasteiger charge is -2.16. The summed E-state index contributed by atoms with van der Waals surface area (Å²) in [4.78, 5) is 24.3. The molecule has 0 aliphatic heterocycles. The van der Waals surface area contributed by atoms with Gasteiger partial charge < -0.3 is 10.2 Å². The smallest absolute Gasteiger partial charge is 0.239 e. The molecule has 0 fully saturated rings. The van der Waals surface area contributed by atoms with Crippen molar-refractivity contribution in [2.45, 2.75) is 32.6 Å². The molecule has 0 atom stereocenters. The predicted molar refractivity (Wildman–Crippen MR) is 65.5 cm³/mol. The van der Waals surface area contributed by atoms with Gasteiger partial charge in [0.2, 0.25) is 11.8 Å². The van der Waals surface area contributed by atoms with Gasteiger partial charge in [0, 0.05) is 25.9 Å². The summed E-state index contributed by atoms with van der Waals surface area (Å²) in [6.07, 6.45) is 2.98. The van der Waals surface area contributed by atoms with Crippen molar-refractivity contribution in [1.82, 2.24) is 10.2 Å². The van der Waals surface area contributed by atoms with Crippen LogP contribution in [0.1, 0.15) is 32.6 Å². The number of amides is 2. The second kappa shape index (κ2) is 9.46. The third kappa shape index (κ3) is 7.51. The molecule has 0 rings (SSSR count). The Morgan fingerprint density at radius 2 is 2.00 bits per heavy atom. The van der Waals surface area contributed by atoms with Crippen LogP contribution in [-0.2, 0) is 9.59 Å². The Labute approximate surface area is 102 Å². The second-order valence-corrected chi connectivity index (χ2v) is 4.12. The Hall–Kier alpha value is -0.770. The number of likely N-dealkylation sites (N-methyl/N-ethyl adjacent to an activating group) is 1. The minimum absolute atomic E-state index is 0.00300. The summed E-state index contributed by atoms with van der Waals surface area (Å²) >= 11 is 5.52. The van der Waals surface area contributed by atoms with Crippen molar-refractivity contribution >= 4 is 23.4 Å². The van der Waals surface area contributed by atoms with Gasteiger partial charge in [-0.2, -0.15) is 0 Å². The van der Waals surface area contributed by atoms with Gasteiger partial charge in [-0.05, 0) is 19.3 Å². The molecule has 0 aromatic rings. The van der Waals surface area contributed by atoms with Crippen LogP contribution in [0.3, 0.4) is 0 Å². The number of carbonyl (C=O) groups excluding carboxylic acids is 2. The van der Waals surface area contributed by atoms with Crippen molar-refractivity contribution in [2.75, 3.05) is 26.0 Å². The molecule has 0 unspecified atom stereocenters. The van der Waals surface area contributed by atoms with Gasteiger partial charge in [0.15, 0.2) is 0 Å². The Bertz CT molecular complexity index is 222. The summed E-state index contributed by atoms with van der Waals surface area (Å²) in [5.74, 6) is 0.473. The summed E-state index contributed by atoms with van der Waals surface area (Å²) in [6, 6.07) is 0. The fourth-order valence-electron chi connectivity index (χ4n) is 1.19. The molecule has 1 N–H and O–H groups in total. The van der Waals surface area contributed by atoms with E-state index < -0.39 is 0 Å². The fraction of sp³-hybridized carbons (Fsp3) is 0.818. The first kappa shape index (κ1) is 15.2. The van der Waals surface area contributed by atoms with Gasteiger partial charge in [0.25, 0.3) is 0 Å². The summed E-state index contributed by atoms with van der Waals surface area (Å²) in [5.41, 5.74) is 0. The molecule has 2 amide bonds. The van der Waals surface area contributed by atoms with Crippen molar-refractivity contribution in [2.24, 2.45) is 0 Å². The minimum Gasteiger partial charge on any atom is -0.355 e. The highest BCUT2D eigenvalue weighted by Crippen LogP contribution is 2.00. The molecule has 0 saturated carbocycles. The number of hydrogen-bond acceptors (Lipinski definition) is 2. The van der Waals surface area contributed by atoms with Crippen molar-refractivity contribution in [3.63, 3.8) is 0 Å². The Balaban J connectivity index is 3.73. The van der Waals surface area contributed by atoms with Gasteiger partial charge in [-0.25, -0.2) is 0 Å². The van der Waals surface area contributed by atoms with Crippen LogP contribution in [0.5, 0.6) is 0 Å². The number of rotatable bonds is 8. The highest BCUT2D eigenvalue weighted by Gasteiger charge is 2.11. The average molecular weight is 249 g/mol. The first-order valence-electron chi connectivity index (χ1n) is 5.68. The van der Waals surface area contributed by atoms with Gasteiger partial charge in [-0.1, -0.05) is 6.92 Å². The Kier molecular flexibility index (Phi) is 9.00. The maximum Gasteiger partial charge on any atom is 0.239 e. The van der Waals surface area contributed by atoms with Crippen LogP contribution < -0.4 is 5.32 Å². The molecule has 0 aromatic heterocycles. The first-order chi connectivity index (χ1) is 7.61. The van der Waals surface area contributed by atoms with Gasteiger partial charge in [-0.3, -0.25) is 9.59 Å². The zero-order valence-corrected chi connectivity index (χ0v) is 10.8. The monoisotopic (exact) mass is 248 g/mol. The van der Waals surface area contributed by atoms with Crippen molar-refractivity contribution in [3.8, 4) is 0 Å². The van der Waals surface area contributed by atoms with Crippen LogP contribution in [0.25, 0.3) is 0 Å². The molecule has 0 aliphatic carbocycles. The molecule has 5 heteroatoms. The number of carbonyl (C=O) groups is 2. The zero-order valence-electron chi connectivity index (χ0n) is 10.1. The van der Waals surface area contributed by atoms with E-state index in [9.17, 15) is 9.59 Å². The normalized spacial score (nSPS) is 9.94. The molecule has 0 bridgehead atoms. The second-order valence-electron chi connectivity index (χ2n) is 3.75. The van der Waals surface area contributed by atoms with Crippen LogP contribution in [0.4, 0.5) is 0 Å². The molecule has 0 spiro atoms. The Morgan fingerprint density at radius 1 is 1.31 bits per heavy atom. The van der Waals surface area contributed by atoms with E-state index in [0.29, 0.717) is 18.8 Å². The summed E-state index contributed by atoms with van der Waals surface area (Å²) in [5, 5.41) is 2.73. The highest BCUT2D eigenvalue weighted by atomic mass is 35.5. The molecular formula is C11H21ClN2O2. The van der Waals surface area contributed by atoms with Gasteiger partial charge in [0.1, 0.15) is 0 Å². The third-order valence-electron chi connectivity index (χ3n) is 2.15. The predicted octanol–water partition coefficient (Wildman–Crippen LogP) is 1.38. The maximum absolute atomic E-state index is 11.5. The lowest BCUT2D eigenvalue weighted by atomic mass is 10.2. The van der Waals surface area contributed by atoms with E-state index in [1.54, 1.807) is 7.05 Å². The van der Waals surface area contributed by atoms with E-state index in [-0.39, 0.29) is 18.4 Å². The number of unbranched alkanes of at least 4 members (excludes halogenated alkanes) is 1. The minimum atomic E-state index is -0.102. The van der Waals surface area contributed by atoms with Gasteiger partial charge in [0.05, 0.1) is 6.54 Å². The molecule has 16 heavy (non-hydrogen) atoms.